The Labute approximate surface area is 155 Å². The number of likely N-dealkylation sites (tertiary alicyclic amines) is 1. The molecule has 0 aromatic heterocycles. The third-order valence-corrected chi connectivity index (χ3v) is 4.80. The molecule has 0 aliphatic carbocycles. The first-order valence-electron chi connectivity index (χ1n) is 9.92. The van der Waals surface area contributed by atoms with Crippen LogP contribution in [0.4, 0.5) is 0 Å². The number of rotatable bonds is 12. The van der Waals surface area contributed by atoms with E-state index in [4.69, 9.17) is 4.74 Å². The van der Waals surface area contributed by atoms with Gasteiger partial charge in [-0.3, -0.25) is 9.89 Å². The van der Waals surface area contributed by atoms with Crippen LogP contribution in [0.25, 0.3) is 0 Å². The number of ether oxygens (including phenoxy) is 1. The minimum atomic E-state index is 0.609. The Balaban J connectivity index is 2.28. The van der Waals surface area contributed by atoms with Crippen LogP contribution in [-0.2, 0) is 4.74 Å². The van der Waals surface area contributed by atoms with Crippen molar-refractivity contribution in [2.45, 2.75) is 45.6 Å². The molecule has 6 heteroatoms. The van der Waals surface area contributed by atoms with E-state index in [-0.39, 0.29) is 0 Å². The molecule has 1 fully saturated rings. The van der Waals surface area contributed by atoms with Crippen molar-refractivity contribution in [3.05, 3.63) is 0 Å². The van der Waals surface area contributed by atoms with Gasteiger partial charge in [-0.2, -0.15) is 0 Å². The Morgan fingerprint density at radius 1 is 1.20 bits per heavy atom. The summed E-state index contributed by atoms with van der Waals surface area (Å²) in [5.41, 5.74) is 0. The molecular weight excluding hydrogens is 314 g/mol. The van der Waals surface area contributed by atoms with E-state index >= 15 is 0 Å². The van der Waals surface area contributed by atoms with Gasteiger partial charge in [-0.25, -0.2) is 0 Å². The number of methoxy groups -OCH3 is 1. The van der Waals surface area contributed by atoms with Gasteiger partial charge in [-0.1, -0.05) is 13.8 Å². The summed E-state index contributed by atoms with van der Waals surface area (Å²) in [6.45, 7) is 11.9. The van der Waals surface area contributed by atoms with Gasteiger partial charge in [0, 0.05) is 53.0 Å². The predicted molar refractivity (Wildman–Crippen MR) is 107 cm³/mol. The van der Waals surface area contributed by atoms with Gasteiger partial charge in [0.25, 0.3) is 0 Å². The van der Waals surface area contributed by atoms with Gasteiger partial charge in [-0.05, 0) is 51.7 Å². The van der Waals surface area contributed by atoms with Crippen LogP contribution in [0.15, 0.2) is 4.99 Å². The largest absolute Gasteiger partial charge is 0.385 e. The number of guanidine groups is 1. The Kier molecular flexibility index (Phi) is 11.9. The zero-order valence-electron chi connectivity index (χ0n) is 17.2. The van der Waals surface area contributed by atoms with E-state index in [2.05, 4.69) is 46.3 Å². The summed E-state index contributed by atoms with van der Waals surface area (Å²) in [6, 6.07) is 0.609. The predicted octanol–water partition coefficient (Wildman–Crippen LogP) is 1.63. The van der Waals surface area contributed by atoms with Gasteiger partial charge < -0.3 is 20.3 Å². The van der Waals surface area contributed by atoms with E-state index in [0.717, 1.165) is 51.1 Å². The highest BCUT2D eigenvalue weighted by molar-refractivity contribution is 5.79. The Morgan fingerprint density at radius 3 is 2.52 bits per heavy atom. The van der Waals surface area contributed by atoms with Crippen LogP contribution in [0.2, 0.25) is 0 Å². The highest BCUT2D eigenvalue weighted by Crippen LogP contribution is 2.17. The molecule has 0 spiro atoms. The second kappa shape index (κ2) is 13.4. The molecule has 2 N–H and O–H groups in total. The van der Waals surface area contributed by atoms with Gasteiger partial charge >= 0.3 is 0 Å². The molecule has 6 nitrogen and oxygen atoms in total. The van der Waals surface area contributed by atoms with Crippen LogP contribution in [0.5, 0.6) is 0 Å². The van der Waals surface area contributed by atoms with Crippen molar-refractivity contribution in [2.24, 2.45) is 10.9 Å². The summed E-state index contributed by atoms with van der Waals surface area (Å²) in [5.74, 6) is 1.64. The maximum atomic E-state index is 5.10. The summed E-state index contributed by atoms with van der Waals surface area (Å²) >= 11 is 0. The first-order chi connectivity index (χ1) is 12.1. The van der Waals surface area contributed by atoms with Crippen molar-refractivity contribution in [1.29, 1.82) is 0 Å². The molecule has 0 saturated carbocycles. The van der Waals surface area contributed by atoms with E-state index < -0.39 is 0 Å². The van der Waals surface area contributed by atoms with E-state index in [1.807, 2.05) is 7.05 Å². The fraction of sp³-hybridized carbons (Fsp3) is 0.947. The lowest BCUT2D eigenvalue weighted by atomic mass is 10.0. The molecule has 25 heavy (non-hydrogen) atoms. The zero-order chi connectivity index (χ0) is 18.5. The molecule has 1 aliphatic rings. The van der Waals surface area contributed by atoms with Crippen molar-refractivity contribution >= 4 is 5.96 Å². The lowest BCUT2D eigenvalue weighted by molar-refractivity contribution is 0.180. The molecule has 0 amide bonds. The highest BCUT2D eigenvalue weighted by atomic mass is 16.5. The molecular formula is C19H41N5O. The number of hydrogen-bond acceptors (Lipinski definition) is 4. The molecule has 1 heterocycles. The number of nitrogens with one attached hydrogen (secondary N) is 2. The lowest BCUT2D eigenvalue weighted by Gasteiger charge is -2.30. The highest BCUT2D eigenvalue weighted by Gasteiger charge is 2.22. The standard InChI is InChI=1S/C19H41N5O/c1-17(2)15-18(24-11-6-7-12-24)16-22-19(20-3)21-9-13-23(4)10-8-14-25-5/h17-18H,6-16H2,1-5H3,(H2,20,21,22). The average Bonchev–Trinajstić information content (AvgIpc) is 3.11. The smallest absolute Gasteiger partial charge is 0.191 e. The van der Waals surface area contributed by atoms with Crippen LogP contribution in [0, 0.1) is 5.92 Å². The van der Waals surface area contributed by atoms with Gasteiger partial charge in [0.05, 0.1) is 0 Å². The quantitative estimate of drug-likeness (QED) is 0.317. The van der Waals surface area contributed by atoms with E-state index in [1.165, 1.54) is 32.4 Å². The summed E-state index contributed by atoms with van der Waals surface area (Å²) < 4.78 is 5.10. The molecule has 1 saturated heterocycles. The number of hydrogen-bond donors (Lipinski definition) is 2. The topological polar surface area (TPSA) is 52.1 Å². The molecule has 1 rings (SSSR count). The first-order valence-corrected chi connectivity index (χ1v) is 9.92. The maximum absolute atomic E-state index is 5.10. The second-order valence-corrected chi connectivity index (χ2v) is 7.56. The fourth-order valence-corrected chi connectivity index (χ4v) is 3.40. The normalized spacial score (nSPS) is 17.5. The molecule has 0 radical (unpaired) electrons. The SMILES string of the molecule is CN=C(NCCN(C)CCCOC)NCC(CC(C)C)N1CCCC1. The number of aliphatic imine (C=N–C) groups is 1. The van der Waals surface area contributed by atoms with E-state index in [1.54, 1.807) is 7.11 Å². The molecule has 0 bridgehead atoms. The molecule has 1 unspecified atom stereocenters. The van der Waals surface area contributed by atoms with Crippen molar-refractivity contribution in [3.8, 4) is 0 Å². The minimum Gasteiger partial charge on any atom is -0.385 e. The van der Waals surface area contributed by atoms with Crippen LogP contribution >= 0.6 is 0 Å². The van der Waals surface area contributed by atoms with E-state index in [9.17, 15) is 0 Å². The summed E-state index contributed by atoms with van der Waals surface area (Å²) in [4.78, 5) is 9.34. The Morgan fingerprint density at radius 2 is 1.92 bits per heavy atom. The molecule has 1 aliphatic heterocycles. The monoisotopic (exact) mass is 355 g/mol. The summed E-state index contributed by atoms with van der Waals surface area (Å²) in [6.07, 6.45) is 5.01. The van der Waals surface area contributed by atoms with Crippen molar-refractivity contribution in [1.82, 2.24) is 20.4 Å². The lowest BCUT2D eigenvalue weighted by Crippen LogP contribution is -2.48. The van der Waals surface area contributed by atoms with E-state index in [0.29, 0.717) is 6.04 Å². The maximum Gasteiger partial charge on any atom is 0.191 e. The van der Waals surface area contributed by atoms with Gasteiger partial charge in [0.2, 0.25) is 0 Å². The van der Waals surface area contributed by atoms with Crippen molar-refractivity contribution in [2.75, 3.05) is 67.1 Å². The molecule has 1 atom stereocenters. The molecule has 0 aromatic carbocycles. The minimum absolute atomic E-state index is 0.609. The van der Waals surface area contributed by atoms with Gasteiger partial charge in [0.15, 0.2) is 5.96 Å². The van der Waals surface area contributed by atoms with Crippen molar-refractivity contribution < 1.29 is 4.74 Å². The fourth-order valence-electron chi connectivity index (χ4n) is 3.40. The molecule has 148 valence electrons. The van der Waals surface area contributed by atoms with Crippen LogP contribution < -0.4 is 10.6 Å². The summed E-state index contributed by atoms with van der Waals surface area (Å²) in [5, 5.41) is 6.97. The molecule has 0 aromatic rings. The average molecular weight is 356 g/mol. The third kappa shape index (κ3) is 10.0. The summed E-state index contributed by atoms with van der Waals surface area (Å²) in [7, 11) is 5.76. The number of nitrogens with zero attached hydrogens (tertiary/aromatic N) is 3. The van der Waals surface area contributed by atoms with Gasteiger partial charge in [-0.15, -0.1) is 0 Å². The zero-order valence-corrected chi connectivity index (χ0v) is 17.2. The number of likely N-dealkylation sites (N-methyl/N-ethyl adjacent to an activating group) is 1. The Bertz CT molecular complexity index is 356. The second-order valence-electron chi connectivity index (χ2n) is 7.56. The van der Waals surface area contributed by atoms with Crippen LogP contribution in [0.1, 0.15) is 39.5 Å². The van der Waals surface area contributed by atoms with Crippen molar-refractivity contribution in [3.63, 3.8) is 0 Å². The Hall–Kier alpha value is -0.850. The first kappa shape index (κ1) is 22.2. The van der Waals surface area contributed by atoms with Crippen LogP contribution in [-0.4, -0.2) is 88.9 Å². The third-order valence-electron chi connectivity index (χ3n) is 4.80. The van der Waals surface area contributed by atoms with Crippen LogP contribution in [0.3, 0.4) is 0 Å². The van der Waals surface area contributed by atoms with Gasteiger partial charge in [0.1, 0.15) is 0 Å².